The maximum absolute atomic E-state index is 14.1. The number of ketones is 1. The molecule has 2 aromatic carbocycles. The summed E-state index contributed by atoms with van der Waals surface area (Å²) in [5.74, 6) is -5.01. The van der Waals surface area contributed by atoms with Gasteiger partial charge in [-0.05, 0) is 41.5 Å². The number of fused-ring (bicyclic) bond motifs is 1. The molecule has 7 heteroatoms. The molecule has 27 heavy (non-hydrogen) atoms. The van der Waals surface area contributed by atoms with Crippen LogP contribution in [0, 0.1) is 23.3 Å². The van der Waals surface area contributed by atoms with E-state index in [1.165, 1.54) is 24.4 Å². The average Bonchev–Trinajstić information content (AvgIpc) is 3.07. The Kier molecular flexibility index (Phi) is 4.14. The lowest BCUT2D eigenvalue weighted by Gasteiger charge is -2.14. The first-order valence-electron chi connectivity index (χ1n) is 8.13. The number of nitrogens with zero attached hydrogens (tertiary/aromatic N) is 1. The van der Waals surface area contributed by atoms with Gasteiger partial charge in [0.2, 0.25) is 0 Å². The van der Waals surface area contributed by atoms with Crippen LogP contribution in [-0.2, 0) is 0 Å². The van der Waals surface area contributed by atoms with Crippen LogP contribution in [0.2, 0.25) is 0 Å². The zero-order valence-electron chi connectivity index (χ0n) is 13.8. The van der Waals surface area contributed by atoms with E-state index in [4.69, 9.17) is 0 Å². The number of carbonyl (C=O) groups is 1. The highest BCUT2D eigenvalue weighted by Gasteiger charge is 2.34. The third kappa shape index (κ3) is 2.95. The van der Waals surface area contributed by atoms with Crippen LogP contribution >= 0.6 is 0 Å². The number of pyridine rings is 1. The van der Waals surface area contributed by atoms with Crippen molar-refractivity contribution in [2.24, 2.45) is 0 Å². The van der Waals surface area contributed by atoms with Crippen molar-refractivity contribution in [1.82, 2.24) is 4.98 Å². The fourth-order valence-corrected chi connectivity index (χ4v) is 3.33. The quantitative estimate of drug-likeness (QED) is 0.535. The SMILES string of the molecule is O=C(c1cccc(F)c1F)C1CNc2nccc(-c3cc(F)cc(F)c3)c21. The maximum atomic E-state index is 14.1. The number of halogens is 4. The van der Waals surface area contributed by atoms with Crippen LogP contribution in [-0.4, -0.2) is 17.3 Å². The number of Topliss-reactive ketones (excluding diaryl/α,β-unsaturated/α-hetero) is 1. The molecule has 1 aromatic heterocycles. The van der Waals surface area contributed by atoms with E-state index in [9.17, 15) is 22.4 Å². The van der Waals surface area contributed by atoms with Crippen LogP contribution < -0.4 is 5.32 Å². The predicted octanol–water partition coefficient (Wildman–Crippen LogP) is 4.70. The Morgan fingerprint density at radius 3 is 2.52 bits per heavy atom. The van der Waals surface area contributed by atoms with Crippen LogP contribution in [0.5, 0.6) is 0 Å². The molecule has 0 spiro atoms. The van der Waals surface area contributed by atoms with Crippen molar-refractivity contribution in [2.45, 2.75) is 5.92 Å². The van der Waals surface area contributed by atoms with Crippen molar-refractivity contribution < 1.29 is 22.4 Å². The summed E-state index contributed by atoms with van der Waals surface area (Å²) in [7, 11) is 0. The van der Waals surface area contributed by atoms with Gasteiger partial charge in [0.25, 0.3) is 0 Å². The topological polar surface area (TPSA) is 42.0 Å². The number of benzene rings is 2. The number of nitrogens with one attached hydrogen (secondary N) is 1. The first-order valence-corrected chi connectivity index (χ1v) is 8.13. The molecule has 4 rings (SSSR count). The van der Waals surface area contributed by atoms with E-state index in [0.717, 1.165) is 24.3 Å². The Morgan fingerprint density at radius 1 is 1.04 bits per heavy atom. The van der Waals surface area contributed by atoms with Gasteiger partial charge in [0, 0.05) is 24.4 Å². The van der Waals surface area contributed by atoms with Gasteiger partial charge in [-0.15, -0.1) is 0 Å². The number of hydrogen-bond donors (Lipinski definition) is 1. The second-order valence-electron chi connectivity index (χ2n) is 6.18. The van der Waals surface area contributed by atoms with Crippen molar-refractivity contribution in [2.75, 3.05) is 11.9 Å². The van der Waals surface area contributed by atoms with E-state index < -0.39 is 35.0 Å². The second-order valence-corrected chi connectivity index (χ2v) is 6.18. The molecule has 0 aliphatic carbocycles. The molecule has 2 heterocycles. The monoisotopic (exact) mass is 372 g/mol. The van der Waals surface area contributed by atoms with Crippen molar-refractivity contribution in [3.05, 3.63) is 83.1 Å². The molecule has 136 valence electrons. The number of anilines is 1. The summed E-state index contributed by atoms with van der Waals surface area (Å²) < 4.78 is 54.9. The minimum atomic E-state index is -1.22. The molecule has 3 nitrogen and oxygen atoms in total. The summed E-state index contributed by atoms with van der Waals surface area (Å²) in [4.78, 5) is 17.0. The van der Waals surface area contributed by atoms with Crippen molar-refractivity contribution in [1.29, 1.82) is 0 Å². The fraction of sp³-hybridized carbons (Fsp3) is 0.100. The van der Waals surface area contributed by atoms with Gasteiger partial charge in [0.15, 0.2) is 17.4 Å². The molecule has 1 N–H and O–H groups in total. The number of rotatable bonds is 3. The minimum Gasteiger partial charge on any atom is -0.369 e. The van der Waals surface area contributed by atoms with Gasteiger partial charge in [-0.25, -0.2) is 22.5 Å². The minimum absolute atomic E-state index is 0.117. The molecule has 1 aliphatic heterocycles. The lowest BCUT2D eigenvalue weighted by molar-refractivity contribution is 0.0961. The molecule has 3 aromatic rings. The number of aromatic nitrogens is 1. The van der Waals surface area contributed by atoms with Crippen LogP contribution in [0.15, 0.2) is 48.7 Å². The smallest absolute Gasteiger partial charge is 0.175 e. The van der Waals surface area contributed by atoms with Gasteiger partial charge in [-0.2, -0.15) is 0 Å². The first-order chi connectivity index (χ1) is 13.0. The Hall–Kier alpha value is -3.22. The lowest BCUT2D eigenvalue weighted by Crippen LogP contribution is -2.17. The van der Waals surface area contributed by atoms with Gasteiger partial charge in [-0.1, -0.05) is 6.07 Å². The van der Waals surface area contributed by atoms with E-state index in [1.54, 1.807) is 0 Å². The first kappa shape index (κ1) is 17.2. The fourth-order valence-electron chi connectivity index (χ4n) is 3.33. The summed E-state index contributed by atoms with van der Waals surface area (Å²) in [6, 6.07) is 7.94. The Morgan fingerprint density at radius 2 is 1.78 bits per heavy atom. The van der Waals surface area contributed by atoms with Crippen molar-refractivity contribution >= 4 is 11.6 Å². The highest BCUT2D eigenvalue weighted by Crippen LogP contribution is 2.40. The summed E-state index contributed by atoms with van der Waals surface area (Å²) in [6.07, 6.45) is 1.44. The molecule has 0 bridgehead atoms. The zero-order chi connectivity index (χ0) is 19.1. The molecule has 0 amide bonds. The van der Waals surface area contributed by atoms with E-state index >= 15 is 0 Å². The molecule has 1 atom stereocenters. The standard InChI is InChI=1S/C20H12F4N2O/c21-11-6-10(7-12(22)8-11)13-4-5-25-20-17(13)15(9-26-20)19(27)14-2-1-3-16(23)18(14)24/h1-8,15H,9H2,(H,25,26). The lowest BCUT2D eigenvalue weighted by atomic mass is 9.88. The molecule has 0 saturated heterocycles. The molecule has 1 unspecified atom stereocenters. The van der Waals surface area contributed by atoms with Crippen LogP contribution in [0.25, 0.3) is 11.1 Å². The number of carbonyl (C=O) groups excluding carboxylic acids is 1. The van der Waals surface area contributed by atoms with E-state index in [2.05, 4.69) is 10.3 Å². The molecule has 0 fully saturated rings. The third-order valence-electron chi connectivity index (χ3n) is 4.52. The molecule has 0 saturated carbocycles. The molecular weight excluding hydrogens is 360 g/mol. The maximum Gasteiger partial charge on any atom is 0.175 e. The van der Waals surface area contributed by atoms with Crippen LogP contribution in [0.4, 0.5) is 23.4 Å². The summed E-state index contributed by atoms with van der Waals surface area (Å²) in [5, 5.41) is 2.94. The van der Waals surface area contributed by atoms with Gasteiger partial charge in [0.05, 0.1) is 11.5 Å². The van der Waals surface area contributed by atoms with Crippen molar-refractivity contribution in [3.63, 3.8) is 0 Å². The third-order valence-corrected chi connectivity index (χ3v) is 4.52. The zero-order valence-corrected chi connectivity index (χ0v) is 13.8. The van der Waals surface area contributed by atoms with Gasteiger partial charge in [-0.3, -0.25) is 4.79 Å². The highest BCUT2D eigenvalue weighted by atomic mass is 19.2. The van der Waals surface area contributed by atoms with Crippen molar-refractivity contribution in [3.8, 4) is 11.1 Å². The summed E-state index contributed by atoms with van der Waals surface area (Å²) in [5.41, 5.74) is 0.650. The average molecular weight is 372 g/mol. The summed E-state index contributed by atoms with van der Waals surface area (Å²) >= 11 is 0. The molecule has 1 aliphatic rings. The van der Waals surface area contributed by atoms with Gasteiger partial charge in [0.1, 0.15) is 17.5 Å². The largest absolute Gasteiger partial charge is 0.369 e. The normalized spacial score (nSPS) is 15.3. The predicted molar refractivity (Wildman–Crippen MR) is 91.5 cm³/mol. The highest BCUT2D eigenvalue weighted by molar-refractivity contribution is 6.04. The van der Waals surface area contributed by atoms with E-state index in [1.807, 2.05) is 0 Å². The number of hydrogen-bond acceptors (Lipinski definition) is 3. The van der Waals surface area contributed by atoms with E-state index in [-0.39, 0.29) is 17.7 Å². The molecular formula is C20H12F4N2O. The van der Waals surface area contributed by atoms with Gasteiger partial charge >= 0.3 is 0 Å². The van der Waals surface area contributed by atoms with Crippen LogP contribution in [0.1, 0.15) is 21.8 Å². The second kappa shape index (κ2) is 6.50. The Bertz CT molecular complexity index is 1050. The van der Waals surface area contributed by atoms with E-state index in [0.29, 0.717) is 16.9 Å². The Balaban J connectivity index is 1.84. The van der Waals surface area contributed by atoms with Crippen LogP contribution in [0.3, 0.4) is 0 Å². The molecule has 0 radical (unpaired) electrons. The summed E-state index contributed by atoms with van der Waals surface area (Å²) in [6.45, 7) is 0.117. The Labute approximate surface area is 151 Å². The van der Waals surface area contributed by atoms with Gasteiger partial charge < -0.3 is 5.32 Å².